The van der Waals surface area contributed by atoms with Gasteiger partial charge in [0, 0.05) is 11.8 Å². The van der Waals surface area contributed by atoms with E-state index in [1.54, 1.807) is 24.3 Å². The highest BCUT2D eigenvalue weighted by molar-refractivity contribution is 7.86. The first kappa shape index (κ1) is 15.3. The number of aliphatic hydroxyl groups is 1. The number of aliphatic hydroxyl groups excluding tert-OH is 1. The van der Waals surface area contributed by atoms with Crippen LogP contribution in [0.4, 0.5) is 0 Å². The Morgan fingerprint density at radius 3 is 2.62 bits per heavy atom. The molecule has 0 spiro atoms. The summed E-state index contributed by atoms with van der Waals surface area (Å²) in [6, 6.07) is 6.61. The molecule has 2 saturated heterocycles. The second-order valence-electron chi connectivity index (χ2n) is 7.60. The summed E-state index contributed by atoms with van der Waals surface area (Å²) < 4.78 is 42.6. The Morgan fingerprint density at radius 2 is 1.92 bits per heavy atom. The van der Waals surface area contributed by atoms with E-state index in [0.29, 0.717) is 0 Å². The lowest BCUT2D eigenvalue weighted by Crippen LogP contribution is -2.43. The molecule has 24 heavy (non-hydrogen) atoms. The summed E-state index contributed by atoms with van der Waals surface area (Å²) in [6.45, 7) is 3.74. The van der Waals surface area contributed by atoms with Crippen LogP contribution in [0.25, 0.3) is 0 Å². The van der Waals surface area contributed by atoms with Crippen molar-refractivity contribution in [3.63, 3.8) is 0 Å². The van der Waals surface area contributed by atoms with Crippen LogP contribution in [-0.2, 0) is 23.8 Å². The lowest BCUT2D eigenvalue weighted by Gasteiger charge is -2.32. The normalized spacial score (nSPS) is 48.4. The van der Waals surface area contributed by atoms with Gasteiger partial charge in [-0.3, -0.25) is 4.18 Å². The molecule has 6 unspecified atom stereocenters. The van der Waals surface area contributed by atoms with Crippen LogP contribution in [-0.4, -0.2) is 37.8 Å². The van der Waals surface area contributed by atoms with Gasteiger partial charge in [-0.2, -0.15) is 8.42 Å². The maximum atomic E-state index is 12.6. The van der Waals surface area contributed by atoms with E-state index in [9.17, 15) is 13.5 Å². The molecule has 2 saturated carbocycles. The summed E-state index contributed by atoms with van der Waals surface area (Å²) in [5.41, 5.74) is 0.987. The number of ether oxygens (including phenoxy) is 2. The average Bonchev–Trinajstić information content (AvgIpc) is 3.16. The first-order valence-electron chi connectivity index (χ1n) is 8.34. The molecule has 0 radical (unpaired) electrons. The molecule has 1 aromatic carbocycles. The standard InChI is InChI=1S/C17H20O6S/c1-8-3-5-9(6-4-8)24(19,20)23-15-10-7-11-13-12(10)16(18)22-17(13,2)21-14(11)15/h3-6,10-16,18H,7H2,1-2H3/t10?,11?,12?,13?,14?,15-,16-,17?/m0/s1. The summed E-state index contributed by atoms with van der Waals surface area (Å²) in [7, 11) is -3.86. The van der Waals surface area contributed by atoms with Gasteiger partial charge in [0.05, 0.1) is 11.0 Å². The summed E-state index contributed by atoms with van der Waals surface area (Å²) in [5, 5.41) is 10.2. The fourth-order valence-corrected chi connectivity index (χ4v) is 6.56. The minimum Gasteiger partial charge on any atom is -0.368 e. The molecule has 4 fully saturated rings. The first-order valence-corrected chi connectivity index (χ1v) is 9.75. The fraction of sp³-hybridized carbons (Fsp3) is 0.647. The van der Waals surface area contributed by atoms with Crippen molar-refractivity contribution in [3.8, 4) is 0 Å². The molecular weight excluding hydrogens is 332 g/mol. The Labute approximate surface area is 140 Å². The monoisotopic (exact) mass is 352 g/mol. The second kappa shape index (κ2) is 4.59. The van der Waals surface area contributed by atoms with Gasteiger partial charge in [-0.05, 0) is 44.2 Å². The Bertz CT molecular complexity index is 790. The first-order chi connectivity index (χ1) is 11.3. The molecular formula is C17H20O6S. The molecule has 4 aliphatic rings. The van der Waals surface area contributed by atoms with E-state index in [1.165, 1.54) is 0 Å². The van der Waals surface area contributed by atoms with Crippen LogP contribution in [0.3, 0.4) is 0 Å². The summed E-state index contributed by atoms with van der Waals surface area (Å²) in [5.74, 6) is -0.661. The van der Waals surface area contributed by atoms with Gasteiger partial charge in [-0.1, -0.05) is 17.7 Å². The smallest absolute Gasteiger partial charge is 0.297 e. The zero-order chi connectivity index (χ0) is 16.9. The largest absolute Gasteiger partial charge is 0.368 e. The Balaban J connectivity index is 1.46. The van der Waals surface area contributed by atoms with Gasteiger partial charge in [-0.15, -0.1) is 0 Å². The predicted octanol–water partition coefficient (Wildman–Crippen LogP) is 1.41. The number of hydrogen-bond donors (Lipinski definition) is 1. The van der Waals surface area contributed by atoms with Gasteiger partial charge >= 0.3 is 0 Å². The number of rotatable bonds is 3. The van der Waals surface area contributed by atoms with Gasteiger partial charge in [0.25, 0.3) is 10.1 Å². The summed E-state index contributed by atoms with van der Waals surface area (Å²) in [4.78, 5) is 0.151. The number of hydrogen-bond acceptors (Lipinski definition) is 6. The molecule has 8 atom stereocenters. The average molecular weight is 352 g/mol. The van der Waals surface area contributed by atoms with E-state index in [4.69, 9.17) is 13.7 Å². The van der Waals surface area contributed by atoms with Crippen molar-refractivity contribution in [1.29, 1.82) is 0 Å². The molecule has 2 heterocycles. The van der Waals surface area contributed by atoms with Crippen molar-refractivity contribution in [2.45, 2.75) is 49.4 Å². The fourth-order valence-electron chi connectivity index (χ4n) is 5.44. The van der Waals surface area contributed by atoms with E-state index in [-0.39, 0.29) is 34.7 Å². The molecule has 1 aromatic rings. The van der Waals surface area contributed by atoms with Crippen LogP contribution < -0.4 is 0 Å². The Kier molecular flexibility index (Phi) is 2.92. The Morgan fingerprint density at radius 1 is 1.21 bits per heavy atom. The highest BCUT2D eigenvalue weighted by Gasteiger charge is 2.76. The molecule has 0 aromatic heterocycles. The van der Waals surface area contributed by atoms with Crippen molar-refractivity contribution in [2.24, 2.45) is 23.7 Å². The lowest BCUT2D eigenvalue weighted by atomic mass is 9.77. The molecule has 2 aliphatic carbocycles. The SMILES string of the molecule is Cc1ccc(S(=O)(=O)O[C@H]2C3CC4C2OC2(C)O[C@H](O)C3C42)cc1. The number of fused-ring (bicyclic) bond motifs is 2. The molecule has 7 heteroatoms. The van der Waals surface area contributed by atoms with E-state index in [1.807, 2.05) is 13.8 Å². The Hall–Kier alpha value is -0.990. The quantitative estimate of drug-likeness (QED) is 0.829. The molecule has 0 amide bonds. The highest BCUT2D eigenvalue weighted by Crippen LogP contribution is 2.68. The minimum absolute atomic E-state index is 0.0513. The van der Waals surface area contributed by atoms with E-state index in [0.717, 1.165) is 12.0 Å². The topological polar surface area (TPSA) is 82.1 Å². The van der Waals surface area contributed by atoms with Crippen LogP contribution in [0.2, 0.25) is 0 Å². The molecule has 6 nitrogen and oxygen atoms in total. The third kappa shape index (κ3) is 1.82. The zero-order valence-corrected chi connectivity index (χ0v) is 14.3. The summed E-state index contributed by atoms with van der Waals surface area (Å²) >= 11 is 0. The van der Waals surface area contributed by atoms with Crippen LogP contribution in [0.15, 0.2) is 29.2 Å². The third-order valence-electron chi connectivity index (χ3n) is 6.29. The van der Waals surface area contributed by atoms with Gasteiger partial charge in [0.1, 0.15) is 6.10 Å². The molecule has 2 aliphatic heterocycles. The molecule has 2 bridgehead atoms. The minimum atomic E-state index is -3.86. The van der Waals surface area contributed by atoms with Gasteiger partial charge in [0.15, 0.2) is 12.1 Å². The van der Waals surface area contributed by atoms with Gasteiger partial charge in [-0.25, -0.2) is 0 Å². The summed E-state index contributed by atoms with van der Waals surface area (Å²) in [6.07, 6.45) is -0.925. The van der Waals surface area contributed by atoms with Crippen LogP contribution in [0, 0.1) is 30.6 Å². The maximum Gasteiger partial charge on any atom is 0.297 e. The third-order valence-corrected chi connectivity index (χ3v) is 7.61. The van der Waals surface area contributed by atoms with Gasteiger partial charge < -0.3 is 14.6 Å². The molecule has 130 valence electrons. The van der Waals surface area contributed by atoms with Crippen LogP contribution in [0.1, 0.15) is 18.9 Å². The number of benzene rings is 1. The van der Waals surface area contributed by atoms with E-state index in [2.05, 4.69) is 0 Å². The van der Waals surface area contributed by atoms with E-state index < -0.39 is 28.3 Å². The zero-order valence-electron chi connectivity index (χ0n) is 13.5. The lowest BCUT2D eigenvalue weighted by molar-refractivity contribution is -0.272. The van der Waals surface area contributed by atoms with Crippen LogP contribution >= 0.6 is 0 Å². The van der Waals surface area contributed by atoms with Crippen molar-refractivity contribution >= 4 is 10.1 Å². The van der Waals surface area contributed by atoms with Crippen LogP contribution in [0.5, 0.6) is 0 Å². The van der Waals surface area contributed by atoms with Crippen molar-refractivity contribution < 1.29 is 27.2 Å². The maximum absolute atomic E-state index is 12.6. The van der Waals surface area contributed by atoms with Crippen molar-refractivity contribution in [3.05, 3.63) is 29.8 Å². The number of aryl methyl sites for hydroxylation is 1. The predicted molar refractivity (Wildman–Crippen MR) is 82.2 cm³/mol. The highest BCUT2D eigenvalue weighted by atomic mass is 32.2. The van der Waals surface area contributed by atoms with Crippen molar-refractivity contribution in [2.75, 3.05) is 0 Å². The van der Waals surface area contributed by atoms with E-state index >= 15 is 0 Å². The molecule has 1 N–H and O–H groups in total. The van der Waals surface area contributed by atoms with Crippen molar-refractivity contribution in [1.82, 2.24) is 0 Å². The molecule has 5 rings (SSSR count). The van der Waals surface area contributed by atoms with Gasteiger partial charge in [0.2, 0.25) is 0 Å². The second-order valence-corrected chi connectivity index (χ2v) is 9.17.